The Hall–Kier alpha value is -1.22. The summed E-state index contributed by atoms with van der Waals surface area (Å²) in [6.07, 6.45) is 13.2. The number of aryl methyl sites for hydroxylation is 1. The van der Waals surface area contributed by atoms with E-state index in [9.17, 15) is 0 Å². The molecular formula is C25H40O3. The van der Waals surface area contributed by atoms with Gasteiger partial charge >= 0.3 is 0 Å². The Morgan fingerprint density at radius 3 is 2.21 bits per heavy atom. The number of ether oxygens (including phenoxy) is 3. The lowest BCUT2D eigenvalue weighted by molar-refractivity contribution is -0.0438. The molecule has 158 valence electrons. The monoisotopic (exact) mass is 388 g/mol. The quantitative estimate of drug-likeness (QED) is 0.507. The molecule has 28 heavy (non-hydrogen) atoms. The van der Waals surface area contributed by atoms with Crippen molar-refractivity contribution in [2.24, 2.45) is 11.8 Å². The molecule has 0 spiro atoms. The highest BCUT2D eigenvalue weighted by Gasteiger charge is 2.33. The van der Waals surface area contributed by atoms with Gasteiger partial charge in [-0.25, -0.2) is 0 Å². The number of methoxy groups -OCH3 is 2. The van der Waals surface area contributed by atoms with Crippen molar-refractivity contribution in [3.63, 3.8) is 0 Å². The summed E-state index contributed by atoms with van der Waals surface area (Å²) in [7, 11) is 3.52. The van der Waals surface area contributed by atoms with Gasteiger partial charge in [0.2, 0.25) is 0 Å². The van der Waals surface area contributed by atoms with E-state index in [1.54, 1.807) is 14.2 Å². The fourth-order valence-corrected chi connectivity index (χ4v) is 5.49. The van der Waals surface area contributed by atoms with Crippen LogP contribution < -0.4 is 9.47 Å². The largest absolute Gasteiger partial charge is 0.493 e. The SMILES string of the molecule is CCCc1ccc(C2CCC(C3CCC(CCC)CC3)OC2)c(OC)c1OC. The summed E-state index contributed by atoms with van der Waals surface area (Å²) < 4.78 is 18.0. The van der Waals surface area contributed by atoms with Gasteiger partial charge in [0.25, 0.3) is 0 Å². The topological polar surface area (TPSA) is 27.7 Å². The molecule has 1 aromatic rings. The Bertz CT molecular complexity index is 596. The Morgan fingerprint density at radius 2 is 1.64 bits per heavy atom. The Kier molecular flexibility index (Phi) is 8.08. The second-order valence-corrected chi connectivity index (χ2v) is 8.85. The van der Waals surface area contributed by atoms with E-state index in [4.69, 9.17) is 14.2 Å². The van der Waals surface area contributed by atoms with E-state index >= 15 is 0 Å². The van der Waals surface area contributed by atoms with Gasteiger partial charge in [-0.05, 0) is 49.5 Å². The van der Waals surface area contributed by atoms with Gasteiger partial charge in [0.1, 0.15) is 0 Å². The minimum absolute atomic E-state index is 0.409. The minimum Gasteiger partial charge on any atom is -0.493 e. The molecule has 3 rings (SSSR count). The van der Waals surface area contributed by atoms with E-state index in [-0.39, 0.29) is 0 Å². The zero-order chi connectivity index (χ0) is 19.9. The van der Waals surface area contributed by atoms with Gasteiger partial charge in [0.15, 0.2) is 11.5 Å². The minimum atomic E-state index is 0.409. The molecule has 1 aliphatic heterocycles. The lowest BCUT2D eigenvalue weighted by Crippen LogP contribution is -2.33. The molecule has 0 N–H and O–H groups in total. The van der Waals surface area contributed by atoms with Crippen LogP contribution in [0.5, 0.6) is 11.5 Å². The highest BCUT2D eigenvalue weighted by atomic mass is 16.5. The lowest BCUT2D eigenvalue weighted by Gasteiger charge is -2.38. The van der Waals surface area contributed by atoms with E-state index in [0.29, 0.717) is 12.0 Å². The zero-order valence-electron chi connectivity index (χ0n) is 18.5. The first-order valence-electron chi connectivity index (χ1n) is 11.6. The highest BCUT2D eigenvalue weighted by molar-refractivity contribution is 5.53. The number of rotatable bonds is 8. The van der Waals surface area contributed by atoms with Gasteiger partial charge in [-0.1, -0.05) is 58.1 Å². The third kappa shape index (κ3) is 4.84. The van der Waals surface area contributed by atoms with E-state index in [0.717, 1.165) is 42.8 Å². The summed E-state index contributed by atoms with van der Waals surface area (Å²) >= 11 is 0. The summed E-state index contributed by atoms with van der Waals surface area (Å²) in [5.41, 5.74) is 2.49. The van der Waals surface area contributed by atoms with Gasteiger partial charge in [0.05, 0.1) is 26.9 Å². The molecule has 2 aliphatic rings. The molecule has 1 aromatic carbocycles. The Balaban J connectivity index is 1.62. The summed E-state index contributed by atoms with van der Waals surface area (Å²) in [6.45, 7) is 5.32. The average molecular weight is 389 g/mol. The fraction of sp³-hybridized carbons (Fsp3) is 0.760. The maximum absolute atomic E-state index is 6.43. The first kappa shape index (κ1) is 21.5. The lowest BCUT2D eigenvalue weighted by atomic mass is 9.75. The molecular weight excluding hydrogens is 348 g/mol. The zero-order valence-corrected chi connectivity index (χ0v) is 18.5. The maximum atomic E-state index is 6.43. The van der Waals surface area contributed by atoms with Gasteiger partial charge in [-0.3, -0.25) is 0 Å². The molecule has 1 saturated carbocycles. The summed E-state index contributed by atoms with van der Waals surface area (Å²) in [5, 5.41) is 0. The number of benzene rings is 1. The van der Waals surface area contributed by atoms with Crippen LogP contribution in [0.1, 0.15) is 88.7 Å². The van der Waals surface area contributed by atoms with Crippen LogP contribution in [0.15, 0.2) is 12.1 Å². The summed E-state index contributed by atoms with van der Waals surface area (Å²) in [4.78, 5) is 0. The van der Waals surface area contributed by atoms with Crippen LogP contribution in [-0.2, 0) is 11.2 Å². The van der Waals surface area contributed by atoms with Crippen LogP contribution in [0.4, 0.5) is 0 Å². The molecule has 2 fully saturated rings. The third-order valence-electron chi connectivity index (χ3n) is 7.02. The standard InChI is InChI=1S/C25H40O3/c1-5-7-18-9-11-19(12-10-18)23-16-14-21(17-28-23)22-15-13-20(8-6-2)24(26-3)25(22)27-4/h13,15,18-19,21,23H,5-12,14,16-17H2,1-4H3. The van der Waals surface area contributed by atoms with E-state index in [1.807, 2.05) is 0 Å². The smallest absolute Gasteiger partial charge is 0.164 e. The number of hydrogen-bond donors (Lipinski definition) is 0. The van der Waals surface area contributed by atoms with Crippen molar-refractivity contribution in [1.82, 2.24) is 0 Å². The van der Waals surface area contributed by atoms with Crippen LogP contribution in [0, 0.1) is 11.8 Å². The molecule has 0 amide bonds. The van der Waals surface area contributed by atoms with Crippen molar-refractivity contribution >= 4 is 0 Å². The average Bonchev–Trinajstić information content (AvgIpc) is 2.74. The summed E-state index contributed by atoms with van der Waals surface area (Å²) in [6, 6.07) is 4.47. The van der Waals surface area contributed by atoms with Crippen molar-refractivity contribution in [3.8, 4) is 11.5 Å². The molecule has 1 aliphatic carbocycles. The van der Waals surface area contributed by atoms with Crippen LogP contribution in [0.3, 0.4) is 0 Å². The third-order valence-corrected chi connectivity index (χ3v) is 7.02. The predicted molar refractivity (Wildman–Crippen MR) is 116 cm³/mol. The molecule has 3 heteroatoms. The number of hydrogen-bond acceptors (Lipinski definition) is 3. The van der Waals surface area contributed by atoms with Crippen molar-refractivity contribution in [3.05, 3.63) is 23.3 Å². The Morgan fingerprint density at radius 1 is 0.893 bits per heavy atom. The van der Waals surface area contributed by atoms with Gasteiger partial charge in [-0.2, -0.15) is 0 Å². The molecule has 3 nitrogen and oxygen atoms in total. The van der Waals surface area contributed by atoms with Crippen molar-refractivity contribution in [1.29, 1.82) is 0 Å². The molecule has 0 aromatic heterocycles. The molecule has 2 atom stereocenters. The molecule has 0 bridgehead atoms. The van der Waals surface area contributed by atoms with E-state index in [2.05, 4.69) is 26.0 Å². The van der Waals surface area contributed by atoms with E-state index in [1.165, 1.54) is 62.5 Å². The molecule has 1 saturated heterocycles. The maximum Gasteiger partial charge on any atom is 0.164 e. The van der Waals surface area contributed by atoms with Crippen molar-refractivity contribution < 1.29 is 14.2 Å². The van der Waals surface area contributed by atoms with E-state index < -0.39 is 0 Å². The molecule has 0 radical (unpaired) electrons. The van der Waals surface area contributed by atoms with Gasteiger partial charge in [-0.15, -0.1) is 0 Å². The fourth-order valence-electron chi connectivity index (χ4n) is 5.49. The van der Waals surface area contributed by atoms with Gasteiger partial charge in [0, 0.05) is 11.5 Å². The molecule has 1 heterocycles. The second-order valence-electron chi connectivity index (χ2n) is 8.85. The van der Waals surface area contributed by atoms with Crippen molar-refractivity contribution in [2.45, 2.75) is 90.1 Å². The van der Waals surface area contributed by atoms with Crippen LogP contribution in [0.25, 0.3) is 0 Å². The first-order chi connectivity index (χ1) is 13.7. The summed E-state index contributed by atoms with van der Waals surface area (Å²) in [5.74, 6) is 3.99. The van der Waals surface area contributed by atoms with Gasteiger partial charge < -0.3 is 14.2 Å². The second kappa shape index (κ2) is 10.5. The van der Waals surface area contributed by atoms with Crippen LogP contribution >= 0.6 is 0 Å². The molecule has 2 unspecified atom stereocenters. The normalized spacial score (nSPS) is 28.1. The first-order valence-corrected chi connectivity index (χ1v) is 11.6. The van der Waals surface area contributed by atoms with Crippen molar-refractivity contribution in [2.75, 3.05) is 20.8 Å². The Labute approximate surface area is 172 Å². The van der Waals surface area contributed by atoms with Crippen LogP contribution in [-0.4, -0.2) is 26.9 Å². The van der Waals surface area contributed by atoms with Crippen LogP contribution in [0.2, 0.25) is 0 Å². The highest BCUT2D eigenvalue weighted by Crippen LogP contribution is 2.44. The predicted octanol–water partition coefficient (Wildman–Crippen LogP) is 6.53.